The maximum absolute atomic E-state index is 12.7. The number of hydrogen-bond acceptors (Lipinski definition) is 8. The van der Waals surface area contributed by atoms with E-state index in [1.165, 1.54) is 6.92 Å². The Hall–Kier alpha value is -4.01. The number of rotatable bonds is 7. The minimum absolute atomic E-state index is 0.253. The van der Waals surface area contributed by atoms with Crippen LogP contribution in [0.2, 0.25) is 0 Å². The normalized spacial score (nSPS) is 23.3. The molecule has 0 radical (unpaired) electrons. The van der Waals surface area contributed by atoms with Gasteiger partial charge in [0.25, 0.3) is 0 Å². The molecule has 4 rings (SSSR count). The highest BCUT2D eigenvalue weighted by molar-refractivity contribution is 5.90. The molecule has 2 unspecified atom stereocenters. The first kappa shape index (κ1) is 24.1. The Balaban J connectivity index is 1.53. The van der Waals surface area contributed by atoms with Crippen molar-refractivity contribution in [1.82, 2.24) is 0 Å². The van der Waals surface area contributed by atoms with Crippen molar-refractivity contribution in [3.05, 3.63) is 108 Å². The lowest BCUT2D eigenvalue weighted by Crippen LogP contribution is -2.49. The molecule has 1 aliphatic rings. The van der Waals surface area contributed by atoms with Crippen molar-refractivity contribution in [1.29, 1.82) is 0 Å². The van der Waals surface area contributed by atoms with Gasteiger partial charge in [0.2, 0.25) is 6.29 Å². The van der Waals surface area contributed by atoms with Gasteiger partial charge in [-0.15, -0.1) is 0 Å². The summed E-state index contributed by atoms with van der Waals surface area (Å²) in [4.78, 5) is 37.8. The molecule has 8 heteroatoms. The third-order valence-corrected chi connectivity index (χ3v) is 5.54. The largest absolute Gasteiger partial charge is 0.459 e. The van der Waals surface area contributed by atoms with E-state index in [4.69, 9.17) is 18.9 Å². The van der Waals surface area contributed by atoms with Crippen LogP contribution in [-0.4, -0.2) is 53.7 Å². The van der Waals surface area contributed by atoms with Crippen molar-refractivity contribution in [2.45, 2.75) is 31.0 Å². The molecule has 4 atom stereocenters. The van der Waals surface area contributed by atoms with Gasteiger partial charge in [-0.1, -0.05) is 54.6 Å². The summed E-state index contributed by atoms with van der Waals surface area (Å²) in [5, 5.41) is 11.2. The van der Waals surface area contributed by atoms with Crippen molar-refractivity contribution in [3.8, 4) is 0 Å². The second kappa shape index (κ2) is 10.5. The zero-order valence-corrected chi connectivity index (χ0v) is 18.9. The smallest absolute Gasteiger partial charge is 0.340 e. The second-order valence-electron chi connectivity index (χ2n) is 8.16. The van der Waals surface area contributed by atoms with Gasteiger partial charge in [0, 0.05) is 0 Å². The van der Waals surface area contributed by atoms with Crippen LogP contribution in [0.25, 0.3) is 0 Å². The molecule has 1 N–H and O–H groups in total. The monoisotopic (exact) mass is 476 g/mol. The maximum Gasteiger partial charge on any atom is 0.340 e. The molecule has 35 heavy (non-hydrogen) atoms. The first-order valence-electron chi connectivity index (χ1n) is 11.0. The van der Waals surface area contributed by atoms with Crippen LogP contribution >= 0.6 is 0 Å². The topological polar surface area (TPSA) is 108 Å². The maximum atomic E-state index is 12.7. The summed E-state index contributed by atoms with van der Waals surface area (Å²) in [5.74, 6) is -2.06. The molecule has 0 spiro atoms. The zero-order chi connectivity index (χ0) is 24.8. The van der Waals surface area contributed by atoms with E-state index in [2.05, 4.69) is 0 Å². The standard InChI is InChI=1S/C27H24O8/c1-27(31)22(34-24(29)19-13-7-3-8-14-19)21(17-32-23(28)18-11-5-2-6-12-18)33-26(27)35-25(30)20-15-9-4-10-16-20/h2-16,21-22,26,31H,17H2,1H3/t21-,22?,26?,27-/m1/s1. The number of aliphatic hydroxyl groups is 1. The van der Waals surface area contributed by atoms with Crippen LogP contribution in [0.1, 0.15) is 38.0 Å². The fourth-order valence-electron chi connectivity index (χ4n) is 3.66. The summed E-state index contributed by atoms with van der Waals surface area (Å²) in [6, 6.07) is 24.7. The summed E-state index contributed by atoms with van der Waals surface area (Å²) in [6.45, 7) is 0.980. The number of benzene rings is 3. The number of hydrogen-bond donors (Lipinski definition) is 1. The lowest BCUT2D eigenvalue weighted by Gasteiger charge is -2.29. The summed E-state index contributed by atoms with van der Waals surface area (Å²) in [6.07, 6.45) is -3.88. The summed E-state index contributed by atoms with van der Waals surface area (Å²) in [7, 11) is 0. The summed E-state index contributed by atoms with van der Waals surface area (Å²) < 4.78 is 22.1. The van der Waals surface area contributed by atoms with Crippen molar-refractivity contribution >= 4 is 17.9 Å². The highest BCUT2D eigenvalue weighted by Crippen LogP contribution is 2.35. The Bertz CT molecular complexity index is 1160. The molecule has 8 nitrogen and oxygen atoms in total. The molecule has 3 aromatic carbocycles. The first-order valence-corrected chi connectivity index (χ1v) is 11.0. The fraction of sp³-hybridized carbons (Fsp3) is 0.222. The van der Waals surface area contributed by atoms with Gasteiger partial charge >= 0.3 is 17.9 Å². The third kappa shape index (κ3) is 5.56. The molecular weight excluding hydrogens is 452 g/mol. The van der Waals surface area contributed by atoms with E-state index in [-0.39, 0.29) is 17.7 Å². The highest BCUT2D eigenvalue weighted by atomic mass is 16.7. The van der Waals surface area contributed by atoms with Gasteiger partial charge in [0.05, 0.1) is 16.7 Å². The number of ether oxygens (including phenoxy) is 4. The molecular formula is C27H24O8. The minimum atomic E-state index is -1.93. The molecule has 1 heterocycles. The molecule has 0 aliphatic carbocycles. The molecule has 1 aliphatic heterocycles. The average molecular weight is 476 g/mol. The number of carbonyl (C=O) groups excluding carboxylic acids is 3. The van der Waals surface area contributed by atoms with E-state index in [0.29, 0.717) is 5.56 Å². The number of carbonyl (C=O) groups is 3. The lowest BCUT2D eigenvalue weighted by atomic mass is 9.97. The molecule has 3 aromatic rings. The lowest BCUT2D eigenvalue weighted by molar-refractivity contribution is -0.173. The SMILES string of the molecule is C[C@]1(O)C(OC(=O)c2ccccc2)O[C@H](COC(=O)c2ccccc2)C1OC(=O)c1ccccc1. The van der Waals surface area contributed by atoms with Crippen LogP contribution in [0.5, 0.6) is 0 Å². The van der Waals surface area contributed by atoms with Gasteiger partial charge in [-0.05, 0) is 43.3 Å². The molecule has 0 bridgehead atoms. The van der Waals surface area contributed by atoms with Gasteiger partial charge in [-0.3, -0.25) is 0 Å². The van der Waals surface area contributed by atoms with Crippen molar-refractivity contribution < 1.29 is 38.4 Å². The van der Waals surface area contributed by atoms with Crippen molar-refractivity contribution in [2.75, 3.05) is 6.61 Å². The Labute approximate surface area is 202 Å². The fourth-order valence-corrected chi connectivity index (χ4v) is 3.66. The number of esters is 3. The summed E-state index contributed by atoms with van der Waals surface area (Å²) in [5.41, 5.74) is -1.10. The predicted octanol–water partition coefficient (Wildman–Crippen LogP) is 3.40. The van der Waals surface area contributed by atoms with Crippen molar-refractivity contribution in [3.63, 3.8) is 0 Å². The van der Waals surface area contributed by atoms with E-state index >= 15 is 0 Å². The van der Waals surface area contributed by atoms with Gasteiger partial charge < -0.3 is 24.1 Å². The Morgan fingerprint density at radius 3 is 1.66 bits per heavy atom. The minimum Gasteiger partial charge on any atom is -0.459 e. The van der Waals surface area contributed by atoms with Crippen LogP contribution in [0.3, 0.4) is 0 Å². The summed E-state index contributed by atoms with van der Waals surface area (Å²) >= 11 is 0. The van der Waals surface area contributed by atoms with Crippen LogP contribution in [0, 0.1) is 0 Å². The molecule has 180 valence electrons. The van der Waals surface area contributed by atoms with E-state index in [9.17, 15) is 19.5 Å². The highest BCUT2D eigenvalue weighted by Gasteiger charge is 2.57. The Kier molecular flexibility index (Phi) is 7.24. The van der Waals surface area contributed by atoms with Crippen LogP contribution < -0.4 is 0 Å². The van der Waals surface area contributed by atoms with Gasteiger partial charge in [-0.2, -0.15) is 0 Å². The average Bonchev–Trinajstić information content (AvgIpc) is 3.12. The third-order valence-electron chi connectivity index (χ3n) is 5.54. The molecule has 1 saturated heterocycles. The molecule has 1 fully saturated rings. The van der Waals surface area contributed by atoms with E-state index in [1.54, 1.807) is 91.0 Å². The van der Waals surface area contributed by atoms with Gasteiger partial charge in [-0.25, -0.2) is 14.4 Å². The van der Waals surface area contributed by atoms with Gasteiger partial charge in [0.15, 0.2) is 11.7 Å². The van der Waals surface area contributed by atoms with E-state index in [1.807, 2.05) is 0 Å². The molecule has 0 saturated carbocycles. The molecule has 0 aromatic heterocycles. The van der Waals surface area contributed by atoms with Crippen LogP contribution in [-0.2, 0) is 18.9 Å². The second-order valence-corrected chi connectivity index (χ2v) is 8.16. The zero-order valence-electron chi connectivity index (χ0n) is 18.9. The first-order chi connectivity index (χ1) is 16.9. The quantitative estimate of drug-likeness (QED) is 0.408. The Morgan fingerprint density at radius 1 is 0.743 bits per heavy atom. The van der Waals surface area contributed by atoms with E-state index in [0.717, 1.165) is 0 Å². The van der Waals surface area contributed by atoms with Crippen LogP contribution in [0.4, 0.5) is 0 Å². The van der Waals surface area contributed by atoms with Crippen molar-refractivity contribution in [2.24, 2.45) is 0 Å². The van der Waals surface area contributed by atoms with Gasteiger partial charge in [0.1, 0.15) is 12.7 Å². The Morgan fingerprint density at radius 2 is 1.17 bits per heavy atom. The predicted molar refractivity (Wildman–Crippen MR) is 124 cm³/mol. The molecule has 0 amide bonds. The van der Waals surface area contributed by atoms with Crippen LogP contribution in [0.15, 0.2) is 91.0 Å². The van der Waals surface area contributed by atoms with E-state index < -0.39 is 42.0 Å².